The number of benzene rings is 1. The molecule has 152 valence electrons. The number of carbonyl (C=O) groups excluding carboxylic acids is 1. The predicted molar refractivity (Wildman–Crippen MR) is 118 cm³/mol. The summed E-state index contributed by atoms with van der Waals surface area (Å²) in [5.74, 6) is 0.810. The number of hydrogen-bond acceptors (Lipinski definition) is 4. The lowest BCUT2D eigenvalue weighted by Crippen LogP contribution is -2.36. The number of rotatable bonds is 8. The highest BCUT2D eigenvalue weighted by atomic mass is 32.1. The molecule has 0 bridgehead atoms. The molecule has 0 unspecified atom stereocenters. The van der Waals surface area contributed by atoms with Gasteiger partial charge in [0, 0.05) is 22.0 Å². The maximum atomic E-state index is 12.0. The van der Waals surface area contributed by atoms with Crippen molar-refractivity contribution in [1.82, 2.24) is 10.6 Å². The summed E-state index contributed by atoms with van der Waals surface area (Å²) in [4.78, 5) is 19.4. The molecule has 1 aromatic carbocycles. The Balaban J connectivity index is 1.54. The number of carbonyl (C=O) groups is 1. The molecule has 3 rings (SSSR count). The molecule has 0 aliphatic heterocycles. The molecule has 0 fully saturated rings. The fraction of sp³-hybridized carbons (Fsp3) is 0.273. The van der Waals surface area contributed by atoms with E-state index in [4.69, 9.17) is 4.42 Å². The molecule has 0 radical (unpaired) electrons. The first-order valence-electron chi connectivity index (χ1n) is 9.71. The number of aliphatic imine (C=N–C) groups is 1. The van der Waals surface area contributed by atoms with Gasteiger partial charge in [-0.25, -0.2) is 4.99 Å². The number of amides is 1. The molecule has 0 aliphatic carbocycles. The Bertz CT molecular complexity index is 930. The number of nitrogens with one attached hydrogen (secondary N) is 3. The van der Waals surface area contributed by atoms with Gasteiger partial charge in [0.2, 0.25) is 0 Å². The van der Waals surface area contributed by atoms with Crippen molar-refractivity contribution in [3.8, 4) is 0 Å². The van der Waals surface area contributed by atoms with Crippen molar-refractivity contribution in [2.45, 2.75) is 33.4 Å². The monoisotopic (exact) mass is 410 g/mol. The molecular weight excluding hydrogens is 384 g/mol. The number of thiophene rings is 1. The first-order chi connectivity index (χ1) is 14.2. The summed E-state index contributed by atoms with van der Waals surface area (Å²) >= 11 is 1.83. The first-order valence-corrected chi connectivity index (χ1v) is 10.5. The van der Waals surface area contributed by atoms with Crippen LogP contribution in [0.25, 0.3) is 0 Å². The molecule has 29 heavy (non-hydrogen) atoms. The molecule has 0 aliphatic rings. The molecule has 0 atom stereocenters. The maximum absolute atomic E-state index is 12.0. The van der Waals surface area contributed by atoms with Crippen molar-refractivity contribution >= 4 is 28.9 Å². The lowest BCUT2D eigenvalue weighted by atomic mass is 10.2. The molecule has 3 aromatic rings. The normalized spacial score (nSPS) is 11.3. The van der Waals surface area contributed by atoms with Crippen LogP contribution in [0.2, 0.25) is 0 Å². The van der Waals surface area contributed by atoms with E-state index in [0.29, 0.717) is 12.2 Å². The van der Waals surface area contributed by atoms with Crippen LogP contribution in [0.3, 0.4) is 0 Å². The Kier molecular flexibility index (Phi) is 7.47. The summed E-state index contributed by atoms with van der Waals surface area (Å²) in [6, 6.07) is 15.3. The molecule has 2 aromatic heterocycles. The highest BCUT2D eigenvalue weighted by molar-refractivity contribution is 7.11. The molecule has 2 heterocycles. The van der Waals surface area contributed by atoms with Gasteiger partial charge < -0.3 is 20.4 Å². The quantitative estimate of drug-likeness (QED) is 0.380. The lowest BCUT2D eigenvalue weighted by molar-refractivity contribution is 0.0996. The summed E-state index contributed by atoms with van der Waals surface area (Å²) < 4.78 is 5.10. The minimum absolute atomic E-state index is 0.265. The van der Waals surface area contributed by atoms with E-state index in [0.717, 1.165) is 31.0 Å². The summed E-state index contributed by atoms with van der Waals surface area (Å²) in [6.45, 7) is 6.32. The molecule has 0 saturated carbocycles. The van der Waals surface area contributed by atoms with E-state index in [1.807, 2.05) is 42.5 Å². The van der Waals surface area contributed by atoms with Gasteiger partial charge in [-0.05, 0) is 55.3 Å². The number of aryl methyl sites for hydroxylation is 1. The highest BCUT2D eigenvalue weighted by Gasteiger charge is 2.08. The fourth-order valence-corrected chi connectivity index (χ4v) is 3.58. The SMILES string of the molecule is CCNC(=NCc1ccc(NC(=O)c2ccco2)cc1)NCc1ccc(CC)s1. The summed E-state index contributed by atoms with van der Waals surface area (Å²) in [7, 11) is 0. The second-order valence-corrected chi connectivity index (χ2v) is 7.65. The third kappa shape index (κ3) is 6.22. The number of guanidine groups is 1. The van der Waals surface area contributed by atoms with Gasteiger partial charge in [0.25, 0.3) is 5.91 Å². The summed E-state index contributed by atoms with van der Waals surface area (Å²) in [5.41, 5.74) is 1.77. The van der Waals surface area contributed by atoms with Crippen molar-refractivity contribution in [2.24, 2.45) is 4.99 Å². The van der Waals surface area contributed by atoms with E-state index in [1.54, 1.807) is 12.1 Å². The minimum atomic E-state index is -0.265. The number of nitrogens with zero attached hydrogens (tertiary/aromatic N) is 1. The van der Waals surface area contributed by atoms with Crippen LogP contribution in [-0.2, 0) is 19.5 Å². The van der Waals surface area contributed by atoms with E-state index < -0.39 is 0 Å². The smallest absolute Gasteiger partial charge is 0.291 e. The van der Waals surface area contributed by atoms with Gasteiger partial charge >= 0.3 is 0 Å². The first kappa shape index (κ1) is 20.7. The van der Waals surface area contributed by atoms with Gasteiger partial charge in [-0.1, -0.05) is 19.1 Å². The van der Waals surface area contributed by atoms with Crippen LogP contribution in [0, 0.1) is 0 Å². The van der Waals surface area contributed by atoms with E-state index in [-0.39, 0.29) is 11.7 Å². The number of furan rings is 1. The van der Waals surface area contributed by atoms with Crippen molar-refractivity contribution < 1.29 is 9.21 Å². The molecule has 3 N–H and O–H groups in total. The largest absolute Gasteiger partial charge is 0.459 e. The molecule has 7 heteroatoms. The van der Waals surface area contributed by atoms with Gasteiger partial charge in [0.1, 0.15) is 0 Å². The van der Waals surface area contributed by atoms with E-state index >= 15 is 0 Å². The van der Waals surface area contributed by atoms with Crippen LogP contribution in [0.5, 0.6) is 0 Å². The number of hydrogen-bond donors (Lipinski definition) is 3. The van der Waals surface area contributed by atoms with E-state index in [2.05, 4.69) is 40.0 Å². The van der Waals surface area contributed by atoms with Gasteiger partial charge in [0.15, 0.2) is 11.7 Å². The second-order valence-electron chi connectivity index (χ2n) is 6.40. The predicted octanol–water partition coefficient (Wildman–Crippen LogP) is 4.41. The zero-order valence-corrected chi connectivity index (χ0v) is 17.5. The standard InChI is InChI=1S/C22H26N4O2S/c1-3-18-11-12-19(29-18)15-25-22(23-4-2)24-14-16-7-9-17(10-8-16)26-21(27)20-6-5-13-28-20/h5-13H,3-4,14-15H2,1-2H3,(H,26,27)(H2,23,24,25). The van der Waals surface area contributed by atoms with Crippen LogP contribution < -0.4 is 16.0 Å². The van der Waals surface area contributed by atoms with E-state index in [9.17, 15) is 4.79 Å². The Morgan fingerprint density at radius 1 is 1.03 bits per heavy atom. The molecule has 1 amide bonds. The van der Waals surface area contributed by atoms with Crippen LogP contribution in [-0.4, -0.2) is 18.4 Å². The van der Waals surface area contributed by atoms with Crippen molar-refractivity contribution in [1.29, 1.82) is 0 Å². The van der Waals surface area contributed by atoms with E-state index in [1.165, 1.54) is 16.0 Å². The van der Waals surface area contributed by atoms with Crippen molar-refractivity contribution in [3.05, 3.63) is 75.9 Å². The second kappa shape index (κ2) is 10.5. The Morgan fingerprint density at radius 3 is 2.48 bits per heavy atom. The number of anilines is 1. The van der Waals surface area contributed by atoms with Crippen LogP contribution in [0.15, 0.2) is 64.2 Å². The third-order valence-corrected chi connectivity index (χ3v) is 5.45. The van der Waals surface area contributed by atoms with Gasteiger partial charge in [0.05, 0.1) is 19.4 Å². The average molecular weight is 411 g/mol. The molecule has 0 saturated heterocycles. The lowest BCUT2D eigenvalue weighted by Gasteiger charge is -2.10. The summed E-state index contributed by atoms with van der Waals surface area (Å²) in [5, 5.41) is 9.46. The third-order valence-electron chi connectivity index (χ3n) is 4.22. The average Bonchev–Trinajstić information content (AvgIpc) is 3.43. The van der Waals surface area contributed by atoms with Crippen molar-refractivity contribution in [3.63, 3.8) is 0 Å². The molecule has 6 nitrogen and oxygen atoms in total. The molecular formula is C22H26N4O2S. The Labute approximate surface area is 175 Å². The Hall–Kier alpha value is -3.06. The highest BCUT2D eigenvalue weighted by Crippen LogP contribution is 2.16. The van der Waals surface area contributed by atoms with Crippen LogP contribution in [0.4, 0.5) is 5.69 Å². The van der Waals surface area contributed by atoms with Gasteiger partial charge in [-0.2, -0.15) is 0 Å². The minimum Gasteiger partial charge on any atom is -0.459 e. The van der Waals surface area contributed by atoms with Gasteiger partial charge in [-0.3, -0.25) is 4.79 Å². The van der Waals surface area contributed by atoms with Crippen molar-refractivity contribution in [2.75, 3.05) is 11.9 Å². The van der Waals surface area contributed by atoms with Crippen LogP contribution >= 0.6 is 11.3 Å². The van der Waals surface area contributed by atoms with Gasteiger partial charge in [-0.15, -0.1) is 11.3 Å². The summed E-state index contributed by atoms with van der Waals surface area (Å²) in [6.07, 6.45) is 2.55. The molecule has 0 spiro atoms. The topological polar surface area (TPSA) is 78.7 Å². The van der Waals surface area contributed by atoms with Crippen LogP contribution in [0.1, 0.15) is 39.7 Å². The maximum Gasteiger partial charge on any atom is 0.291 e. The zero-order valence-electron chi connectivity index (χ0n) is 16.7. The Morgan fingerprint density at radius 2 is 1.83 bits per heavy atom. The zero-order chi connectivity index (χ0) is 20.5. The fourth-order valence-electron chi connectivity index (χ4n) is 2.68.